The Morgan fingerprint density at radius 2 is 2.05 bits per heavy atom. The molecule has 110 valence electrons. The first-order valence-electron chi connectivity index (χ1n) is 7.60. The largest absolute Gasteiger partial charge is 0.370 e. The molecule has 0 atom stereocenters. The van der Waals surface area contributed by atoms with Gasteiger partial charge in [0.2, 0.25) is 0 Å². The lowest BCUT2D eigenvalue weighted by molar-refractivity contribution is 0.912. The van der Waals surface area contributed by atoms with Gasteiger partial charge in [0.1, 0.15) is 17.5 Å². The maximum Gasteiger partial charge on any atom is 0.138 e. The summed E-state index contributed by atoms with van der Waals surface area (Å²) in [6.07, 6.45) is 2.42. The van der Waals surface area contributed by atoms with Crippen LogP contribution in [-0.2, 0) is 0 Å². The van der Waals surface area contributed by atoms with Crippen molar-refractivity contribution in [1.82, 2.24) is 9.97 Å². The minimum absolute atomic E-state index is 0.549. The zero-order chi connectivity index (χ0) is 14.8. The highest BCUT2D eigenvalue weighted by Crippen LogP contribution is 2.39. The van der Waals surface area contributed by atoms with E-state index >= 15 is 0 Å². The molecule has 0 unspecified atom stereocenters. The first-order valence-corrected chi connectivity index (χ1v) is 7.60. The third kappa shape index (κ3) is 3.15. The number of rotatable bonds is 5. The van der Waals surface area contributed by atoms with E-state index in [1.54, 1.807) is 0 Å². The van der Waals surface area contributed by atoms with Crippen molar-refractivity contribution in [2.24, 2.45) is 0 Å². The number of aryl methyl sites for hydroxylation is 1. The van der Waals surface area contributed by atoms with Gasteiger partial charge in [0.25, 0.3) is 0 Å². The van der Waals surface area contributed by atoms with E-state index in [1.807, 2.05) is 6.07 Å². The standard InChI is InChI=1S/C17H22N4/c1-4-18-15-11-16(20-17(19-15)13-8-9-13)21(3)14-7-5-6-12(2)10-14/h5-7,10-11,13H,4,8-9H2,1-3H3,(H,18,19,20). The van der Waals surface area contributed by atoms with Gasteiger partial charge in [-0.05, 0) is 44.4 Å². The van der Waals surface area contributed by atoms with E-state index in [0.717, 1.165) is 29.7 Å². The molecular formula is C17H22N4. The average Bonchev–Trinajstić information content (AvgIpc) is 3.31. The number of aromatic nitrogens is 2. The predicted molar refractivity (Wildman–Crippen MR) is 87.4 cm³/mol. The third-order valence-corrected chi connectivity index (χ3v) is 3.76. The summed E-state index contributed by atoms with van der Waals surface area (Å²) in [5, 5.41) is 3.31. The van der Waals surface area contributed by atoms with Gasteiger partial charge < -0.3 is 10.2 Å². The van der Waals surface area contributed by atoms with Gasteiger partial charge in [-0.3, -0.25) is 0 Å². The summed E-state index contributed by atoms with van der Waals surface area (Å²) < 4.78 is 0. The Kier molecular flexibility index (Phi) is 3.78. The van der Waals surface area contributed by atoms with Crippen LogP contribution < -0.4 is 10.2 Å². The molecule has 0 spiro atoms. The summed E-state index contributed by atoms with van der Waals surface area (Å²) in [7, 11) is 2.06. The molecule has 0 aliphatic heterocycles. The van der Waals surface area contributed by atoms with Gasteiger partial charge in [-0.15, -0.1) is 0 Å². The van der Waals surface area contributed by atoms with Crippen LogP contribution in [0.5, 0.6) is 0 Å². The first-order chi connectivity index (χ1) is 10.2. The number of anilines is 3. The molecule has 0 radical (unpaired) electrons. The van der Waals surface area contributed by atoms with Gasteiger partial charge >= 0.3 is 0 Å². The molecule has 4 heteroatoms. The fourth-order valence-electron chi connectivity index (χ4n) is 2.39. The molecule has 1 aromatic heterocycles. The smallest absolute Gasteiger partial charge is 0.138 e. The first kappa shape index (κ1) is 13.9. The van der Waals surface area contributed by atoms with Crippen LogP contribution >= 0.6 is 0 Å². The fourth-order valence-corrected chi connectivity index (χ4v) is 2.39. The second-order valence-corrected chi connectivity index (χ2v) is 5.67. The molecule has 2 aromatic rings. The van der Waals surface area contributed by atoms with Crippen molar-refractivity contribution in [3.8, 4) is 0 Å². The fraction of sp³-hybridized carbons (Fsp3) is 0.412. The molecule has 1 saturated carbocycles. The Labute approximate surface area is 126 Å². The maximum atomic E-state index is 4.76. The Hall–Kier alpha value is -2.10. The molecule has 4 nitrogen and oxygen atoms in total. The predicted octanol–water partition coefficient (Wildman–Crippen LogP) is 3.86. The molecule has 1 heterocycles. The summed E-state index contributed by atoms with van der Waals surface area (Å²) >= 11 is 0. The van der Waals surface area contributed by atoms with Crippen molar-refractivity contribution < 1.29 is 0 Å². The lowest BCUT2D eigenvalue weighted by Crippen LogP contribution is -2.14. The molecule has 0 saturated heterocycles. The minimum atomic E-state index is 0.549. The topological polar surface area (TPSA) is 41.0 Å². The molecule has 21 heavy (non-hydrogen) atoms. The van der Waals surface area contributed by atoms with E-state index in [0.29, 0.717) is 5.92 Å². The van der Waals surface area contributed by atoms with Crippen LogP contribution in [0.2, 0.25) is 0 Å². The van der Waals surface area contributed by atoms with Crippen LogP contribution in [0, 0.1) is 6.92 Å². The van der Waals surface area contributed by atoms with Crippen LogP contribution in [0.3, 0.4) is 0 Å². The van der Waals surface area contributed by atoms with Crippen LogP contribution in [-0.4, -0.2) is 23.6 Å². The Morgan fingerprint density at radius 3 is 2.71 bits per heavy atom. The lowest BCUT2D eigenvalue weighted by Gasteiger charge is -2.20. The van der Waals surface area contributed by atoms with Crippen molar-refractivity contribution in [2.45, 2.75) is 32.6 Å². The number of hydrogen-bond donors (Lipinski definition) is 1. The van der Waals surface area contributed by atoms with E-state index in [4.69, 9.17) is 4.98 Å². The van der Waals surface area contributed by atoms with Gasteiger partial charge in [-0.2, -0.15) is 0 Å². The Balaban J connectivity index is 1.96. The molecule has 1 aliphatic rings. The highest BCUT2D eigenvalue weighted by Gasteiger charge is 2.27. The average molecular weight is 282 g/mol. The molecule has 1 fully saturated rings. The van der Waals surface area contributed by atoms with Crippen LogP contribution in [0.15, 0.2) is 30.3 Å². The molecule has 1 aromatic carbocycles. The minimum Gasteiger partial charge on any atom is -0.370 e. The molecule has 0 amide bonds. The second kappa shape index (κ2) is 5.72. The zero-order valence-electron chi connectivity index (χ0n) is 12.9. The lowest BCUT2D eigenvalue weighted by atomic mass is 10.2. The van der Waals surface area contributed by atoms with Crippen LogP contribution in [0.4, 0.5) is 17.3 Å². The van der Waals surface area contributed by atoms with Crippen LogP contribution in [0.1, 0.15) is 37.1 Å². The normalized spacial score (nSPS) is 14.0. The summed E-state index contributed by atoms with van der Waals surface area (Å²) in [5.74, 6) is 3.40. The molecule has 0 bridgehead atoms. The highest BCUT2D eigenvalue weighted by molar-refractivity contribution is 5.62. The van der Waals surface area contributed by atoms with Crippen molar-refractivity contribution in [2.75, 3.05) is 23.8 Å². The van der Waals surface area contributed by atoms with Crippen molar-refractivity contribution in [3.63, 3.8) is 0 Å². The number of nitrogens with zero attached hydrogens (tertiary/aromatic N) is 3. The van der Waals surface area contributed by atoms with Gasteiger partial charge in [0, 0.05) is 31.3 Å². The van der Waals surface area contributed by atoms with Crippen molar-refractivity contribution in [1.29, 1.82) is 0 Å². The highest BCUT2D eigenvalue weighted by atomic mass is 15.2. The SMILES string of the molecule is CCNc1cc(N(C)c2cccc(C)c2)nc(C2CC2)n1. The van der Waals surface area contributed by atoms with Gasteiger partial charge in [-0.25, -0.2) is 9.97 Å². The third-order valence-electron chi connectivity index (χ3n) is 3.76. The number of benzene rings is 1. The van der Waals surface area contributed by atoms with Crippen LogP contribution in [0.25, 0.3) is 0 Å². The number of hydrogen-bond acceptors (Lipinski definition) is 4. The van der Waals surface area contributed by atoms with Crippen molar-refractivity contribution >= 4 is 17.3 Å². The van der Waals surface area contributed by atoms with E-state index in [2.05, 4.69) is 60.4 Å². The van der Waals surface area contributed by atoms with Crippen molar-refractivity contribution in [3.05, 3.63) is 41.7 Å². The summed E-state index contributed by atoms with van der Waals surface area (Å²) in [4.78, 5) is 11.5. The molecule has 1 N–H and O–H groups in total. The Bertz CT molecular complexity index is 634. The van der Waals surface area contributed by atoms with E-state index < -0.39 is 0 Å². The van der Waals surface area contributed by atoms with E-state index in [1.165, 1.54) is 18.4 Å². The molecule has 1 aliphatic carbocycles. The number of nitrogens with one attached hydrogen (secondary N) is 1. The monoisotopic (exact) mass is 282 g/mol. The van der Waals surface area contributed by atoms with Gasteiger partial charge in [0.15, 0.2) is 0 Å². The zero-order valence-corrected chi connectivity index (χ0v) is 12.9. The molecular weight excluding hydrogens is 260 g/mol. The van der Waals surface area contributed by atoms with Gasteiger partial charge in [0.05, 0.1) is 0 Å². The molecule has 3 rings (SSSR count). The second-order valence-electron chi connectivity index (χ2n) is 5.67. The van der Waals surface area contributed by atoms with E-state index in [9.17, 15) is 0 Å². The maximum absolute atomic E-state index is 4.76. The van der Waals surface area contributed by atoms with E-state index in [-0.39, 0.29) is 0 Å². The Morgan fingerprint density at radius 1 is 1.24 bits per heavy atom. The summed E-state index contributed by atoms with van der Waals surface area (Å²) in [6.45, 7) is 5.06. The summed E-state index contributed by atoms with van der Waals surface area (Å²) in [5.41, 5.74) is 2.40. The van der Waals surface area contributed by atoms with Gasteiger partial charge in [-0.1, -0.05) is 12.1 Å². The summed E-state index contributed by atoms with van der Waals surface area (Å²) in [6, 6.07) is 10.5. The quantitative estimate of drug-likeness (QED) is 0.904.